The summed E-state index contributed by atoms with van der Waals surface area (Å²) in [6.45, 7) is 12.6. The number of aryl methyl sites for hydroxylation is 1. The molecule has 0 radical (unpaired) electrons. The molecule has 0 spiro atoms. The van der Waals surface area contributed by atoms with E-state index >= 15 is 0 Å². The fourth-order valence-electron chi connectivity index (χ4n) is 4.27. The fourth-order valence-corrected chi connectivity index (χ4v) is 4.27. The number of carbonyl (C=O) groups excluding carboxylic acids is 4. The van der Waals surface area contributed by atoms with Gasteiger partial charge in [-0.2, -0.15) is 0 Å². The molecule has 10 nitrogen and oxygen atoms in total. The van der Waals surface area contributed by atoms with Gasteiger partial charge in [-0.25, -0.2) is 4.79 Å². The lowest BCUT2D eigenvalue weighted by Crippen LogP contribution is -2.55. The Labute approximate surface area is 242 Å². The van der Waals surface area contributed by atoms with Gasteiger partial charge in [-0.3, -0.25) is 14.4 Å². The maximum absolute atomic E-state index is 14.3. The Morgan fingerprint density at radius 2 is 1.68 bits per heavy atom. The van der Waals surface area contributed by atoms with E-state index in [1.54, 1.807) is 65.8 Å². The predicted molar refractivity (Wildman–Crippen MR) is 155 cm³/mol. The second-order valence-corrected chi connectivity index (χ2v) is 11.1. The summed E-state index contributed by atoms with van der Waals surface area (Å²) in [4.78, 5) is 54.1. The lowest BCUT2D eigenvalue weighted by molar-refractivity contribution is -0.145. The first kappa shape index (κ1) is 33.1. The summed E-state index contributed by atoms with van der Waals surface area (Å²) in [5.74, 6) is -1.33. The zero-order valence-electron chi connectivity index (χ0n) is 25.0. The van der Waals surface area contributed by atoms with E-state index in [1.807, 2.05) is 19.1 Å². The van der Waals surface area contributed by atoms with E-state index in [1.165, 1.54) is 17.0 Å². The van der Waals surface area contributed by atoms with Crippen molar-refractivity contribution in [2.45, 2.75) is 85.0 Å². The molecule has 3 N–H and O–H groups in total. The SMILES string of the molecule is CCOC(=O)CCNC(=O)C(c1cccc(C)c1)N(C(=O)C(Cc1ccc(O)cc1)NC(=O)OC(C)(C)C)C(C)C. The van der Waals surface area contributed by atoms with Crippen LogP contribution in [0.25, 0.3) is 0 Å². The molecule has 0 aliphatic carbocycles. The molecule has 2 rings (SSSR count). The van der Waals surface area contributed by atoms with Crippen LogP contribution in [-0.4, -0.2) is 64.7 Å². The van der Waals surface area contributed by atoms with Gasteiger partial charge in [0.05, 0.1) is 13.0 Å². The number of phenolic OH excluding ortho intramolecular Hbond substituents is 1. The maximum Gasteiger partial charge on any atom is 0.408 e. The van der Waals surface area contributed by atoms with Gasteiger partial charge in [-0.05, 0) is 71.7 Å². The molecule has 10 heteroatoms. The number of esters is 1. The van der Waals surface area contributed by atoms with Crippen LogP contribution in [0.1, 0.15) is 70.7 Å². The van der Waals surface area contributed by atoms with Crippen LogP contribution in [0.2, 0.25) is 0 Å². The van der Waals surface area contributed by atoms with Crippen molar-refractivity contribution in [1.29, 1.82) is 0 Å². The van der Waals surface area contributed by atoms with Crippen molar-refractivity contribution in [2.24, 2.45) is 0 Å². The monoisotopic (exact) mass is 569 g/mol. The van der Waals surface area contributed by atoms with Crippen LogP contribution in [0.5, 0.6) is 5.75 Å². The Hall–Kier alpha value is -4.08. The lowest BCUT2D eigenvalue weighted by atomic mass is 9.98. The number of nitrogens with one attached hydrogen (secondary N) is 2. The second kappa shape index (κ2) is 15.1. The Bertz CT molecular complexity index is 1190. The third-order valence-corrected chi connectivity index (χ3v) is 5.99. The molecule has 2 unspecified atom stereocenters. The molecule has 0 saturated carbocycles. The van der Waals surface area contributed by atoms with Crippen molar-refractivity contribution in [3.8, 4) is 5.75 Å². The lowest BCUT2D eigenvalue weighted by Gasteiger charge is -2.37. The van der Waals surface area contributed by atoms with E-state index in [-0.39, 0.29) is 31.7 Å². The summed E-state index contributed by atoms with van der Waals surface area (Å²) >= 11 is 0. The van der Waals surface area contributed by atoms with Crippen molar-refractivity contribution >= 4 is 23.9 Å². The van der Waals surface area contributed by atoms with Crippen LogP contribution < -0.4 is 10.6 Å². The number of rotatable bonds is 12. The highest BCUT2D eigenvalue weighted by Crippen LogP contribution is 2.26. The molecule has 0 aliphatic heterocycles. The molecule has 0 aromatic heterocycles. The summed E-state index contributed by atoms with van der Waals surface area (Å²) in [7, 11) is 0. The van der Waals surface area contributed by atoms with Crippen molar-refractivity contribution in [3.05, 3.63) is 65.2 Å². The summed E-state index contributed by atoms with van der Waals surface area (Å²) in [5.41, 5.74) is 1.38. The second-order valence-electron chi connectivity index (χ2n) is 11.1. The molecular formula is C31H43N3O7. The van der Waals surface area contributed by atoms with Crippen LogP contribution in [0, 0.1) is 6.92 Å². The van der Waals surface area contributed by atoms with Crippen molar-refractivity contribution in [1.82, 2.24) is 15.5 Å². The number of nitrogens with zero attached hydrogens (tertiary/aromatic N) is 1. The third kappa shape index (κ3) is 10.8. The standard InChI is InChI=1S/C31H43N3O7/c1-8-40-26(36)16-17-32-28(37)27(23-11-9-10-21(4)18-23)34(20(2)3)29(38)25(33-30(39)41-31(5,6)7)19-22-12-14-24(35)15-13-22/h9-15,18,20,25,27,35H,8,16-17,19H2,1-7H3,(H,32,37)(H,33,39). The smallest absolute Gasteiger partial charge is 0.408 e. The first-order valence-electron chi connectivity index (χ1n) is 13.8. The van der Waals surface area contributed by atoms with E-state index in [2.05, 4.69) is 10.6 Å². The van der Waals surface area contributed by atoms with Crippen LogP contribution >= 0.6 is 0 Å². The van der Waals surface area contributed by atoms with E-state index in [0.29, 0.717) is 11.1 Å². The Morgan fingerprint density at radius 3 is 2.24 bits per heavy atom. The van der Waals surface area contributed by atoms with Gasteiger partial charge in [0.2, 0.25) is 11.8 Å². The highest BCUT2D eigenvalue weighted by Gasteiger charge is 2.38. The first-order valence-corrected chi connectivity index (χ1v) is 13.8. The van der Waals surface area contributed by atoms with E-state index in [4.69, 9.17) is 9.47 Å². The quantitative estimate of drug-likeness (QED) is 0.327. The van der Waals surface area contributed by atoms with Crippen molar-refractivity contribution < 1.29 is 33.8 Å². The molecule has 224 valence electrons. The minimum Gasteiger partial charge on any atom is -0.508 e. The fraction of sp³-hybridized carbons (Fsp3) is 0.484. The predicted octanol–water partition coefficient (Wildman–Crippen LogP) is 4.18. The van der Waals surface area contributed by atoms with Gasteiger partial charge in [0.15, 0.2) is 0 Å². The number of benzene rings is 2. The highest BCUT2D eigenvalue weighted by molar-refractivity contribution is 5.92. The maximum atomic E-state index is 14.3. The summed E-state index contributed by atoms with van der Waals surface area (Å²) in [6.07, 6.45) is -0.698. The van der Waals surface area contributed by atoms with Gasteiger partial charge in [0, 0.05) is 19.0 Å². The average Bonchev–Trinajstić information content (AvgIpc) is 2.86. The van der Waals surface area contributed by atoms with Crippen LogP contribution in [0.15, 0.2) is 48.5 Å². The number of carbonyl (C=O) groups is 4. The minimum atomic E-state index is -1.09. The molecule has 41 heavy (non-hydrogen) atoms. The van der Waals surface area contributed by atoms with Crippen LogP contribution in [-0.2, 0) is 30.3 Å². The van der Waals surface area contributed by atoms with Gasteiger partial charge in [-0.15, -0.1) is 0 Å². The topological polar surface area (TPSA) is 134 Å². The summed E-state index contributed by atoms with van der Waals surface area (Å²) < 4.78 is 10.4. The molecule has 0 aliphatic rings. The minimum absolute atomic E-state index is 0.0145. The van der Waals surface area contributed by atoms with Crippen molar-refractivity contribution in [3.63, 3.8) is 0 Å². The summed E-state index contributed by atoms with van der Waals surface area (Å²) in [6, 6.07) is 11.0. The zero-order chi connectivity index (χ0) is 30.7. The Morgan fingerprint density at radius 1 is 1.02 bits per heavy atom. The first-order chi connectivity index (χ1) is 19.2. The van der Waals surface area contributed by atoms with E-state index in [9.17, 15) is 24.3 Å². The number of phenols is 1. The number of hydrogen-bond donors (Lipinski definition) is 3. The molecule has 0 saturated heterocycles. The molecule has 3 amide bonds. The number of aromatic hydroxyl groups is 1. The van der Waals surface area contributed by atoms with Gasteiger partial charge >= 0.3 is 12.1 Å². The van der Waals surface area contributed by atoms with Gasteiger partial charge in [0.1, 0.15) is 23.4 Å². The highest BCUT2D eigenvalue weighted by atomic mass is 16.6. The van der Waals surface area contributed by atoms with Crippen molar-refractivity contribution in [2.75, 3.05) is 13.2 Å². The van der Waals surface area contributed by atoms with Crippen LogP contribution in [0.3, 0.4) is 0 Å². The number of hydrogen-bond acceptors (Lipinski definition) is 7. The van der Waals surface area contributed by atoms with Gasteiger partial charge < -0.3 is 30.1 Å². The number of ether oxygens (including phenoxy) is 2. The molecule has 2 aromatic carbocycles. The molecule has 0 bridgehead atoms. The summed E-state index contributed by atoms with van der Waals surface area (Å²) in [5, 5.41) is 15.2. The van der Waals surface area contributed by atoms with Gasteiger partial charge in [0.25, 0.3) is 0 Å². The normalized spacial score (nSPS) is 12.7. The van der Waals surface area contributed by atoms with E-state index in [0.717, 1.165) is 5.56 Å². The largest absolute Gasteiger partial charge is 0.508 e. The molecule has 0 fully saturated rings. The van der Waals surface area contributed by atoms with E-state index < -0.39 is 47.6 Å². The Kier molecular flexibility index (Phi) is 12.2. The zero-order valence-corrected chi connectivity index (χ0v) is 25.0. The van der Waals surface area contributed by atoms with Crippen LogP contribution in [0.4, 0.5) is 4.79 Å². The Balaban J connectivity index is 2.48. The molecular weight excluding hydrogens is 526 g/mol. The number of amides is 3. The molecule has 2 atom stereocenters. The van der Waals surface area contributed by atoms with Gasteiger partial charge in [-0.1, -0.05) is 42.0 Å². The third-order valence-electron chi connectivity index (χ3n) is 5.99. The average molecular weight is 570 g/mol. The molecule has 0 heterocycles. The number of alkyl carbamates (subject to hydrolysis) is 1. The molecule has 2 aromatic rings.